The molecule has 1 unspecified atom stereocenters. The third kappa shape index (κ3) is 3.57. The number of rotatable bonds is 4. The van der Waals surface area contributed by atoms with Gasteiger partial charge in [-0.1, -0.05) is 15.9 Å². The molecule has 1 aliphatic heterocycles. The van der Waals surface area contributed by atoms with Crippen molar-refractivity contribution in [2.75, 3.05) is 19.7 Å². The molecule has 1 saturated heterocycles. The zero-order valence-corrected chi connectivity index (χ0v) is 12.9. The molecule has 1 heterocycles. The molecule has 2 rings (SSSR count). The number of sulfonamides is 1. The fraction of sp³-hybridized carbons (Fsp3) is 0.417. The van der Waals surface area contributed by atoms with Gasteiger partial charge in [0.25, 0.3) is 0 Å². The van der Waals surface area contributed by atoms with Gasteiger partial charge < -0.3 is 9.84 Å². The number of morpholine rings is 1. The molecular weight excluding hydrogens is 350 g/mol. The predicted molar refractivity (Wildman–Crippen MR) is 74.9 cm³/mol. The first-order valence-corrected chi connectivity index (χ1v) is 8.22. The second-order valence-electron chi connectivity index (χ2n) is 4.41. The smallest absolute Gasteiger partial charge is 0.306 e. The molecule has 1 aromatic rings. The van der Waals surface area contributed by atoms with Gasteiger partial charge in [-0.25, -0.2) is 8.42 Å². The van der Waals surface area contributed by atoms with Crippen LogP contribution in [0.4, 0.5) is 0 Å². The van der Waals surface area contributed by atoms with E-state index in [2.05, 4.69) is 15.9 Å². The van der Waals surface area contributed by atoms with Gasteiger partial charge in [0, 0.05) is 17.6 Å². The zero-order chi connectivity index (χ0) is 14.8. The van der Waals surface area contributed by atoms with E-state index in [1.54, 1.807) is 12.1 Å². The third-order valence-corrected chi connectivity index (χ3v) is 5.36. The number of carboxylic acid groups (broad SMARTS) is 1. The SMILES string of the molecule is O=C(O)CC1CN(S(=O)(=O)c2ccc(Br)cc2)CCO1. The second kappa shape index (κ2) is 6.21. The van der Waals surface area contributed by atoms with E-state index in [0.717, 1.165) is 4.47 Å². The zero-order valence-electron chi connectivity index (χ0n) is 10.5. The van der Waals surface area contributed by atoms with E-state index in [0.29, 0.717) is 0 Å². The second-order valence-corrected chi connectivity index (χ2v) is 7.26. The van der Waals surface area contributed by atoms with Gasteiger partial charge in [-0.05, 0) is 24.3 Å². The normalized spacial score (nSPS) is 20.8. The van der Waals surface area contributed by atoms with E-state index in [4.69, 9.17) is 9.84 Å². The number of hydrogen-bond acceptors (Lipinski definition) is 4. The molecule has 0 aromatic heterocycles. The first kappa shape index (κ1) is 15.4. The number of nitrogens with zero attached hydrogens (tertiary/aromatic N) is 1. The van der Waals surface area contributed by atoms with E-state index in [-0.39, 0.29) is 31.0 Å². The number of carboxylic acids is 1. The van der Waals surface area contributed by atoms with Crippen LogP contribution in [0.25, 0.3) is 0 Å². The largest absolute Gasteiger partial charge is 0.481 e. The summed E-state index contributed by atoms with van der Waals surface area (Å²) in [4.78, 5) is 10.9. The molecule has 8 heteroatoms. The first-order chi connectivity index (χ1) is 9.39. The van der Waals surface area contributed by atoms with Crippen molar-refractivity contribution >= 4 is 31.9 Å². The highest BCUT2D eigenvalue weighted by Gasteiger charge is 2.31. The lowest BCUT2D eigenvalue weighted by molar-refractivity contribution is -0.141. The van der Waals surface area contributed by atoms with Crippen LogP contribution in [0.2, 0.25) is 0 Å². The van der Waals surface area contributed by atoms with E-state index in [1.165, 1.54) is 16.4 Å². The molecule has 1 N–H and O–H groups in total. The molecule has 20 heavy (non-hydrogen) atoms. The van der Waals surface area contributed by atoms with Gasteiger partial charge in [0.15, 0.2) is 0 Å². The van der Waals surface area contributed by atoms with Gasteiger partial charge >= 0.3 is 5.97 Å². The Labute approximate surface area is 125 Å². The Bertz CT molecular complexity index is 586. The average molecular weight is 364 g/mol. The third-order valence-electron chi connectivity index (χ3n) is 2.96. The number of benzene rings is 1. The molecule has 0 radical (unpaired) electrons. The quantitative estimate of drug-likeness (QED) is 0.871. The Balaban J connectivity index is 2.16. The molecule has 0 bridgehead atoms. The van der Waals surface area contributed by atoms with Crippen molar-refractivity contribution in [2.45, 2.75) is 17.4 Å². The summed E-state index contributed by atoms with van der Waals surface area (Å²) >= 11 is 3.25. The lowest BCUT2D eigenvalue weighted by atomic mass is 10.2. The maximum Gasteiger partial charge on any atom is 0.306 e. The number of hydrogen-bond donors (Lipinski definition) is 1. The van der Waals surface area contributed by atoms with E-state index < -0.39 is 22.1 Å². The van der Waals surface area contributed by atoms with Gasteiger partial charge in [0.2, 0.25) is 10.0 Å². The van der Waals surface area contributed by atoms with Crippen LogP contribution in [0.5, 0.6) is 0 Å². The van der Waals surface area contributed by atoms with Crippen molar-refractivity contribution < 1.29 is 23.1 Å². The highest BCUT2D eigenvalue weighted by molar-refractivity contribution is 9.10. The van der Waals surface area contributed by atoms with Crippen molar-refractivity contribution in [3.8, 4) is 0 Å². The Morgan fingerprint density at radius 2 is 2.05 bits per heavy atom. The molecule has 6 nitrogen and oxygen atoms in total. The minimum Gasteiger partial charge on any atom is -0.481 e. The number of ether oxygens (including phenoxy) is 1. The number of carbonyl (C=O) groups is 1. The van der Waals surface area contributed by atoms with Crippen LogP contribution in [-0.4, -0.2) is 49.6 Å². The molecule has 0 aliphatic carbocycles. The minimum absolute atomic E-state index is 0.0602. The van der Waals surface area contributed by atoms with Crippen LogP contribution in [0, 0.1) is 0 Å². The lowest BCUT2D eigenvalue weighted by Gasteiger charge is -2.31. The summed E-state index contributed by atoms with van der Waals surface area (Å²) in [5, 5.41) is 8.75. The molecule has 1 aliphatic rings. The average Bonchev–Trinajstić information content (AvgIpc) is 2.39. The summed E-state index contributed by atoms with van der Waals surface area (Å²) in [6, 6.07) is 6.34. The minimum atomic E-state index is -3.61. The molecule has 0 amide bonds. The van der Waals surface area contributed by atoms with Crippen molar-refractivity contribution in [2.24, 2.45) is 0 Å². The summed E-state index contributed by atoms with van der Waals surface area (Å²) in [5.74, 6) is -1.00. The Kier molecular flexibility index (Phi) is 4.79. The van der Waals surface area contributed by atoms with Crippen molar-refractivity contribution in [1.29, 1.82) is 0 Å². The van der Waals surface area contributed by atoms with E-state index >= 15 is 0 Å². The number of halogens is 1. The highest BCUT2D eigenvalue weighted by atomic mass is 79.9. The fourth-order valence-electron chi connectivity index (χ4n) is 1.98. The lowest BCUT2D eigenvalue weighted by Crippen LogP contribution is -2.46. The summed E-state index contributed by atoms with van der Waals surface area (Å²) < 4.78 is 32.2. The van der Waals surface area contributed by atoms with Crippen LogP contribution in [-0.2, 0) is 19.6 Å². The summed E-state index contributed by atoms with van der Waals surface area (Å²) in [6.45, 7) is 0.493. The van der Waals surface area contributed by atoms with Crippen LogP contribution in [0.15, 0.2) is 33.6 Å². The van der Waals surface area contributed by atoms with Crippen molar-refractivity contribution in [1.82, 2.24) is 4.31 Å². The van der Waals surface area contributed by atoms with Gasteiger partial charge in [-0.2, -0.15) is 4.31 Å². The van der Waals surface area contributed by atoms with Crippen molar-refractivity contribution in [3.63, 3.8) is 0 Å². The van der Waals surface area contributed by atoms with Gasteiger partial charge in [0.05, 0.1) is 24.0 Å². The topological polar surface area (TPSA) is 83.9 Å². The van der Waals surface area contributed by atoms with E-state index in [9.17, 15) is 13.2 Å². The van der Waals surface area contributed by atoms with Crippen LogP contribution in [0.3, 0.4) is 0 Å². The molecule has 110 valence electrons. The van der Waals surface area contributed by atoms with E-state index in [1.807, 2.05) is 0 Å². The Hall–Kier alpha value is -0.960. The first-order valence-electron chi connectivity index (χ1n) is 5.98. The summed E-state index contributed by atoms with van der Waals surface area (Å²) in [7, 11) is -3.61. The summed E-state index contributed by atoms with van der Waals surface area (Å²) in [6.07, 6.45) is -0.807. The molecular formula is C12H14BrNO5S. The van der Waals surface area contributed by atoms with Gasteiger partial charge in [-0.3, -0.25) is 4.79 Å². The molecule has 0 spiro atoms. The fourth-order valence-corrected chi connectivity index (χ4v) is 3.70. The Morgan fingerprint density at radius 3 is 2.65 bits per heavy atom. The molecule has 0 saturated carbocycles. The van der Waals surface area contributed by atoms with Crippen LogP contribution in [0.1, 0.15) is 6.42 Å². The molecule has 1 atom stereocenters. The summed E-state index contributed by atoms with van der Waals surface area (Å²) in [5.41, 5.74) is 0. The number of aliphatic carboxylic acids is 1. The standard InChI is InChI=1S/C12H14BrNO5S/c13-9-1-3-11(4-2-9)20(17,18)14-5-6-19-10(8-14)7-12(15)16/h1-4,10H,5-8H2,(H,15,16). The molecule has 1 aromatic carbocycles. The maximum atomic E-state index is 12.4. The Morgan fingerprint density at radius 1 is 1.40 bits per heavy atom. The van der Waals surface area contributed by atoms with Gasteiger partial charge in [-0.15, -0.1) is 0 Å². The highest BCUT2D eigenvalue weighted by Crippen LogP contribution is 2.21. The van der Waals surface area contributed by atoms with Crippen molar-refractivity contribution in [3.05, 3.63) is 28.7 Å². The monoisotopic (exact) mass is 363 g/mol. The maximum absolute atomic E-state index is 12.4. The van der Waals surface area contributed by atoms with Gasteiger partial charge in [0.1, 0.15) is 0 Å². The van der Waals surface area contributed by atoms with Crippen LogP contribution >= 0.6 is 15.9 Å². The molecule has 1 fully saturated rings. The predicted octanol–water partition coefficient (Wildman–Crippen LogP) is 1.31. The van der Waals surface area contributed by atoms with Crippen LogP contribution < -0.4 is 0 Å².